The van der Waals surface area contributed by atoms with Crippen molar-refractivity contribution < 1.29 is 31.1 Å². The van der Waals surface area contributed by atoms with Crippen molar-refractivity contribution >= 4 is 55.7 Å². The maximum absolute atomic E-state index is 13.0. The standard InChI is InChI=1S/C19H17Cl2F3N4O4S/c20-14-6-5-12(11-16(14)33(30,31)28-7-9-32-10-8-28)25-18(29)17(21)27-26-15-4-2-1-3-13(15)19(22,23)24/h1-6,11,26H,7-10H2,(H,25,29)/b27-17+. The molecule has 3 rings (SSSR count). The minimum atomic E-state index is -4.64. The Morgan fingerprint density at radius 2 is 1.79 bits per heavy atom. The molecule has 2 N–H and O–H groups in total. The molecule has 0 atom stereocenters. The summed E-state index contributed by atoms with van der Waals surface area (Å²) in [4.78, 5) is 12.1. The topological polar surface area (TPSA) is 100 Å². The van der Waals surface area contributed by atoms with Crippen molar-refractivity contribution in [2.75, 3.05) is 37.0 Å². The van der Waals surface area contributed by atoms with Crippen molar-refractivity contribution in [1.82, 2.24) is 4.31 Å². The molecule has 0 bridgehead atoms. The largest absolute Gasteiger partial charge is 0.418 e. The first-order chi connectivity index (χ1) is 15.5. The van der Waals surface area contributed by atoms with Crippen LogP contribution in [0.4, 0.5) is 24.5 Å². The molecular weight excluding hydrogens is 508 g/mol. The van der Waals surface area contributed by atoms with Crippen LogP contribution in [0.15, 0.2) is 52.5 Å². The number of ether oxygens (including phenoxy) is 1. The van der Waals surface area contributed by atoms with Crippen LogP contribution in [0.5, 0.6) is 0 Å². The van der Waals surface area contributed by atoms with Crippen LogP contribution in [0.1, 0.15) is 5.56 Å². The van der Waals surface area contributed by atoms with E-state index in [0.717, 1.165) is 18.2 Å². The van der Waals surface area contributed by atoms with Crippen LogP contribution in [0, 0.1) is 0 Å². The third kappa shape index (κ3) is 6.15. The predicted octanol–water partition coefficient (Wildman–Crippen LogP) is 3.98. The van der Waals surface area contributed by atoms with Crippen LogP contribution in [-0.4, -0.2) is 50.1 Å². The minimum absolute atomic E-state index is 0.0419. The van der Waals surface area contributed by atoms with E-state index < -0.39 is 38.5 Å². The number of amides is 1. The number of nitrogens with one attached hydrogen (secondary N) is 2. The number of halogens is 5. The lowest BCUT2D eigenvalue weighted by atomic mass is 10.2. The highest BCUT2D eigenvalue weighted by Gasteiger charge is 2.33. The third-order valence-corrected chi connectivity index (χ3v) is 7.11. The van der Waals surface area contributed by atoms with E-state index in [2.05, 4.69) is 15.8 Å². The Morgan fingerprint density at radius 1 is 1.12 bits per heavy atom. The van der Waals surface area contributed by atoms with Gasteiger partial charge in [-0.05, 0) is 30.3 Å². The summed E-state index contributed by atoms with van der Waals surface area (Å²) in [6.45, 7) is 0.783. The van der Waals surface area contributed by atoms with Crippen LogP contribution < -0.4 is 10.7 Å². The van der Waals surface area contributed by atoms with Crippen molar-refractivity contribution in [3.05, 3.63) is 53.1 Å². The summed E-state index contributed by atoms with van der Waals surface area (Å²) < 4.78 is 71.3. The van der Waals surface area contributed by atoms with Gasteiger partial charge < -0.3 is 10.1 Å². The Balaban J connectivity index is 1.76. The normalized spacial score (nSPS) is 15.8. The Morgan fingerprint density at radius 3 is 2.45 bits per heavy atom. The van der Waals surface area contributed by atoms with Gasteiger partial charge in [0.2, 0.25) is 15.2 Å². The number of benzene rings is 2. The predicted molar refractivity (Wildman–Crippen MR) is 118 cm³/mol. The molecule has 1 aliphatic rings. The van der Waals surface area contributed by atoms with Gasteiger partial charge in [-0.2, -0.15) is 22.6 Å². The average Bonchev–Trinajstić information content (AvgIpc) is 2.78. The number of carbonyl (C=O) groups excluding carboxylic acids is 1. The van der Waals surface area contributed by atoms with Crippen molar-refractivity contribution in [3.8, 4) is 0 Å². The van der Waals surface area contributed by atoms with E-state index in [-0.39, 0.29) is 41.9 Å². The fraction of sp³-hybridized carbons (Fsp3) is 0.263. The molecule has 178 valence electrons. The van der Waals surface area contributed by atoms with Crippen molar-refractivity contribution in [2.45, 2.75) is 11.1 Å². The van der Waals surface area contributed by atoms with E-state index in [0.29, 0.717) is 0 Å². The van der Waals surface area contributed by atoms with Gasteiger partial charge in [0, 0.05) is 18.8 Å². The van der Waals surface area contributed by atoms with E-state index >= 15 is 0 Å². The molecule has 0 aliphatic carbocycles. The summed E-state index contributed by atoms with van der Waals surface area (Å²) in [5, 5.41) is 5.06. The molecule has 0 aromatic heterocycles. The summed E-state index contributed by atoms with van der Waals surface area (Å²) >= 11 is 11.9. The lowest BCUT2D eigenvalue weighted by molar-refractivity contribution is -0.137. The molecule has 8 nitrogen and oxygen atoms in total. The number of hydrogen-bond donors (Lipinski definition) is 2. The second kappa shape index (κ2) is 10.3. The molecule has 14 heteroatoms. The number of nitrogens with zero attached hydrogens (tertiary/aromatic N) is 2. The van der Waals surface area contributed by atoms with Crippen molar-refractivity contribution in [2.24, 2.45) is 5.10 Å². The van der Waals surface area contributed by atoms with Gasteiger partial charge in [-0.25, -0.2) is 8.42 Å². The molecular formula is C19H17Cl2F3N4O4S. The molecule has 0 unspecified atom stereocenters. The monoisotopic (exact) mass is 524 g/mol. The molecule has 33 heavy (non-hydrogen) atoms. The van der Waals surface area contributed by atoms with Crippen molar-refractivity contribution in [1.29, 1.82) is 0 Å². The smallest absolute Gasteiger partial charge is 0.379 e. The Kier molecular flexibility index (Phi) is 7.85. The van der Waals surface area contributed by atoms with E-state index in [1.54, 1.807) is 0 Å². The Bertz CT molecular complexity index is 1170. The molecule has 1 amide bonds. The van der Waals surface area contributed by atoms with Crippen LogP contribution >= 0.6 is 23.2 Å². The lowest BCUT2D eigenvalue weighted by Crippen LogP contribution is -2.40. The quantitative estimate of drug-likeness (QED) is 0.439. The number of alkyl halides is 3. The maximum Gasteiger partial charge on any atom is 0.418 e. The van der Waals surface area contributed by atoms with Crippen LogP contribution in [0.25, 0.3) is 0 Å². The first-order valence-electron chi connectivity index (χ1n) is 9.34. The molecule has 2 aromatic carbocycles. The molecule has 1 fully saturated rings. The Labute approximate surface area is 197 Å². The molecule has 2 aromatic rings. The fourth-order valence-electron chi connectivity index (χ4n) is 2.88. The molecule has 1 saturated heterocycles. The minimum Gasteiger partial charge on any atom is -0.379 e. The zero-order valence-electron chi connectivity index (χ0n) is 16.7. The molecule has 0 spiro atoms. The second-order valence-electron chi connectivity index (χ2n) is 6.67. The Hall–Kier alpha value is -2.38. The van der Waals surface area contributed by atoms with E-state index in [1.165, 1.54) is 28.6 Å². The van der Waals surface area contributed by atoms with Gasteiger partial charge in [0.25, 0.3) is 5.91 Å². The number of hydrogen-bond acceptors (Lipinski definition) is 6. The zero-order chi connectivity index (χ0) is 24.2. The summed E-state index contributed by atoms with van der Waals surface area (Å²) in [5.41, 5.74) is 0.763. The SMILES string of the molecule is O=C(Nc1ccc(Cl)c(S(=O)(=O)N2CCOCC2)c1)/C(Cl)=N\Nc1ccccc1C(F)(F)F. The highest BCUT2D eigenvalue weighted by molar-refractivity contribution is 7.89. The number of morpholine rings is 1. The van der Waals surface area contributed by atoms with Crippen LogP contribution in [0.2, 0.25) is 5.02 Å². The second-order valence-corrected chi connectivity index (χ2v) is 9.35. The van der Waals surface area contributed by atoms with Crippen LogP contribution in [-0.2, 0) is 25.7 Å². The summed E-state index contributed by atoms with van der Waals surface area (Å²) in [5.74, 6) is -0.981. The molecule has 1 heterocycles. The summed E-state index contributed by atoms with van der Waals surface area (Å²) in [6.07, 6.45) is -4.64. The number of anilines is 2. The number of hydrazone groups is 1. The zero-order valence-corrected chi connectivity index (χ0v) is 19.0. The van der Waals surface area contributed by atoms with Crippen molar-refractivity contribution in [3.63, 3.8) is 0 Å². The summed E-state index contributed by atoms with van der Waals surface area (Å²) in [6, 6.07) is 8.30. The van der Waals surface area contributed by atoms with Crippen LogP contribution in [0.3, 0.4) is 0 Å². The number of rotatable bonds is 6. The number of para-hydroxylation sites is 1. The fourth-order valence-corrected chi connectivity index (χ4v) is 4.87. The first kappa shape index (κ1) is 25.2. The first-order valence-corrected chi connectivity index (χ1v) is 11.5. The van der Waals surface area contributed by atoms with E-state index in [1.807, 2.05) is 0 Å². The maximum atomic E-state index is 13.0. The highest BCUT2D eigenvalue weighted by atomic mass is 35.5. The van der Waals surface area contributed by atoms with E-state index in [9.17, 15) is 26.4 Å². The molecule has 0 radical (unpaired) electrons. The van der Waals surface area contributed by atoms with Gasteiger partial charge in [-0.15, -0.1) is 0 Å². The van der Waals surface area contributed by atoms with Gasteiger partial charge in [0.1, 0.15) is 4.90 Å². The highest BCUT2D eigenvalue weighted by Crippen LogP contribution is 2.34. The van der Waals surface area contributed by atoms with Gasteiger partial charge >= 0.3 is 6.18 Å². The van der Waals surface area contributed by atoms with Gasteiger partial charge in [-0.3, -0.25) is 10.2 Å². The molecule has 0 saturated carbocycles. The van der Waals surface area contributed by atoms with E-state index in [4.69, 9.17) is 27.9 Å². The third-order valence-electron chi connectivity index (χ3n) is 4.47. The number of carbonyl (C=O) groups is 1. The number of sulfonamides is 1. The summed E-state index contributed by atoms with van der Waals surface area (Å²) in [7, 11) is -3.95. The lowest BCUT2D eigenvalue weighted by Gasteiger charge is -2.26. The van der Waals surface area contributed by atoms with Gasteiger partial charge in [0.15, 0.2) is 0 Å². The van der Waals surface area contributed by atoms with Gasteiger partial charge in [0.05, 0.1) is 29.5 Å². The molecule has 1 aliphatic heterocycles. The van der Waals surface area contributed by atoms with Gasteiger partial charge in [-0.1, -0.05) is 35.3 Å². The average molecular weight is 525 g/mol.